The number of hydrogen-bond acceptors (Lipinski definition) is 5. The lowest BCUT2D eigenvalue weighted by Gasteiger charge is -2.60. The third kappa shape index (κ3) is 2.74. The Bertz CT molecular complexity index is 821. The number of nitrogens with zero attached hydrogens (tertiary/aromatic N) is 3. The van der Waals surface area contributed by atoms with Gasteiger partial charge in [-0.3, -0.25) is 0 Å². The van der Waals surface area contributed by atoms with E-state index in [0.717, 1.165) is 32.1 Å². The van der Waals surface area contributed by atoms with E-state index >= 15 is 0 Å². The van der Waals surface area contributed by atoms with E-state index in [0.29, 0.717) is 42.1 Å². The van der Waals surface area contributed by atoms with Crippen LogP contribution in [0.2, 0.25) is 0 Å². The van der Waals surface area contributed by atoms with Crippen LogP contribution in [0, 0.1) is 35.0 Å². The third-order valence-electron chi connectivity index (χ3n) is 7.66. The lowest BCUT2D eigenvalue weighted by atomic mass is 9.48. The average Bonchev–Trinajstić information content (AvgIpc) is 3.04. The lowest BCUT2D eigenvalue weighted by molar-refractivity contribution is -0.162. The molecule has 4 bridgehead atoms. The Balaban J connectivity index is 1.46. The first-order chi connectivity index (χ1) is 13.5. The molecule has 28 heavy (non-hydrogen) atoms. The van der Waals surface area contributed by atoms with Crippen LogP contribution in [0.25, 0.3) is 0 Å². The molecule has 1 amide bonds. The second-order valence-electron chi connectivity index (χ2n) is 9.29. The summed E-state index contributed by atoms with van der Waals surface area (Å²) in [4.78, 5) is 17.9. The highest BCUT2D eigenvalue weighted by Gasteiger charge is 2.59. The first-order valence-electron chi connectivity index (χ1n) is 10.3. The molecule has 5 fully saturated rings. The molecule has 1 saturated heterocycles. The van der Waals surface area contributed by atoms with E-state index in [9.17, 15) is 20.3 Å². The molecule has 3 N–H and O–H groups in total. The molecule has 148 valence electrons. The molecule has 7 nitrogen and oxygen atoms in total. The summed E-state index contributed by atoms with van der Waals surface area (Å²) in [7, 11) is 0. The molecule has 0 radical (unpaired) electrons. The number of anilines is 1. The maximum absolute atomic E-state index is 12.0. The zero-order valence-electron chi connectivity index (χ0n) is 15.8. The van der Waals surface area contributed by atoms with Crippen molar-refractivity contribution in [2.24, 2.45) is 23.7 Å². The molecule has 1 aliphatic heterocycles. The molecule has 0 aromatic carbocycles. The van der Waals surface area contributed by atoms with Gasteiger partial charge in [-0.15, -0.1) is 0 Å². The number of pyridine rings is 1. The third-order valence-corrected chi connectivity index (χ3v) is 7.66. The van der Waals surface area contributed by atoms with E-state index in [2.05, 4.69) is 16.4 Å². The molecule has 0 spiro atoms. The molecular weight excluding hydrogens is 356 g/mol. The highest BCUT2D eigenvalue weighted by molar-refractivity contribution is 5.66. The number of aliphatic hydroxyl groups is 1. The van der Waals surface area contributed by atoms with Crippen LogP contribution in [-0.2, 0) is 0 Å². The molecule has 2 heterocycles. The normalized spacial score (nSPS) is 41.1. The van der Waals surface area contributed by atoms with Crippen LogP contribution in [0.15, 0.2) is 18.3 Å². The highest BCUT2D eigenvalue weighted by atomic mass is 16.4. The monoisotopic (exact) mass is 382 g/mol. The maximum atomic E-state index is 12.0. The van der Waals surface area contributed by atoms with Gasteiger partial charge in [0.2, 0.25) is 0 Å². The van der Waals surface area contributed by atoms with Gasteiger partial charge in [-0.2, -0.15) is 5.26 Å². The van der Waals surface area contributed by atoms with E-state index in [-0.39, 0.29) is 18.0 Å². The van der Waals surface area contributed by atoms with Crippen LogP contribution in [0.4, 0.5) is 10.6 Å². The smallest absolute Gasteiger partial charge is 0.407 e. The quantitative estimate of drug-likeness (QED) is 0.741. The predicted octanol–water partition coefficient (Wildman–Crippen LogP) is 2.67. The molecule has 6 rings (SSSR count). The Morgan fingerprint density at radius 2 is 2.07 bits per heavy atom. The Morgan fingerprint density at radius 3 is 2.71 bits per heavy atom. The largest absolute Gasteiger partial charge is 0.465 e. The lowest BCUT2D eigenvalue weighted by Crippen LogP contribution is -2.61. The number of hydrogen-bond donors (Lipinski definition) is 3. The summed E-state index contributed by atoms with van der Waals surface area (Å²) in [6.45, 7) is 0.496. The van der Waals surface area contributed by atoms with Crippen molar-refractivity contribution < 1.29 is 15.0 Å². The van der Waals surface area contributed by atoms with E-state index in [4.69, 9.17) is 0 Å². The Kier molecular flexibility index (Phi) is 4.02. The van der Waals surface area contributed by atoms with Crippen molar-refractivity contribution in [3.8, 4) is 6.07 Å². The van der Waals surface area contributed by atoms with Gasteiger partial charge in [0.25, 0.3) is 0 Å². The van der Waals surface area contributed by atoms with Crippen LogP contribution in [0.3, 0.4) is 0 Å². The summed E-state index contributed by atoms with van der Waals surface area (Å²) >= 11 is 0. The standard InChI is InChI=1S/C21H26N4O3/c22-11-13-2-1-4-23-19(13)24-16-3-5-25(20(26)27)18(16)17-14-6-12-7-15(17)10-21(28,8-12)9-14/h1-2,4,12,14-18,28H,3,5-10H2,(H,23,24)(H,26,27)/t12?,14-,15?,16?,17?,18-,21-/m0/s1. The SMILES string of the molecule is N#Cc1cccnc1NC1CCN(C(=O)O)[C@@H]1C1C2CC3C[C@H]1C[C@@](O)(C3)C2. The fourth-order valence-corrected chi connectivity index (χ4v) is 7.04. The van der Waals surface area contributed by atoms with Crippen molar-refractivity contribution in [1.82, 2.24) is 9.88 Å². The van der Waals surface area contributed by atoms with Crippen LogP contribution < -0.4 is 5.32 Å². The van der Waals surface area contributed by atoms with Gasteiger partial charge in [0.05, 0.1) is 23.2 Å². The summed E-state index contributed by atoms with van der Waals surface area (Å²) in [5.41, 5.74) is -0.0493. The first-order valence-corrected chi connectivity index (χ1v) is 10.3. The number of likely N-dealkylation sites (tertiary alicyclic amines) is 1. The van der Waals surface area contributed by atoms with Crippen molar-refractivity contribution in [2.45, 2.75) is 56.2 Å². The van der Waals surface area contributed by atoms with Gasteiger partial charge in [0.1, 0.15) is 11.9 Å². The van der Waals surface area contributed by atoms with Crippen LogP contribution >= 0.6 is 0 Å². The number of nitriles is 1. The van der Waals surface area contributed by atoms with E-state index < -0.39 is 11.7 Å². The van der Waals surface area contributed by atoms with Crippen LogP contribution in [0.1, 0.15) is 44.1 Å². The summed E-state index contributed by atoms with van der Waals surface area (Å²) < 4.78 is 0. The molecule has 1 aromatic heterocycles. The minimum Gasteiger partial charge on any atom is -0.465 e. The summed E-state index contributed by atoms with van der Waals surface area (Å²) in [6.07, 6.45) is 6.22. The fraction of sp³-hybridized carbons (Fsp3) is 0.667. The molecular formula is C21H26N4O3. The Hall–Kier alpha value is -2.33. The minimum atomic E-state index is -0.872. The van der Waals surface area contributed by atoms with E-state index in [1.54, 1.807) is 23.2 Å². The average molecular weight is 382 g/mol. The van der Waals surface area contributed by atoms with Crippen molar-refractivity contribution >= 4 is 11.9 Å². The number of nitrogens with one attached hydrogen (secondary N) is 1. The van der Waals surface area contributed by atoms with Crippen molar-refractivity contribution in [2.75, 3.05) is 11.9 Å². The van der Waals surface area contributed by atoms with Gasteiger partial charge in [0.15, 0.2) is 0 Å². The molecule has 7 atom stereocenters. The van der Waals surface area contributed by atoms with Gasteiger partial charge in [-0.05, 0) is 74.3 Å². The summed E-state index contributed by atoms with van der Waals surface area (Å²) in [6, 6.07) is 5.43. The molecule has 4 unspecified atom stereocenters. The van der Waals surface area contributed by atoms with Gasteiger partial charge >= 0.3 is 6.09 Å². The Morgan fingerprint density at radius 1 is 1.32 bits per heavy atom. The minimum absolute atomic E-state index is 0.0599. The molecule has 5 aliphatic rings. The van der Waals surface area contributed by atoms with E-state index in [1.807, 2.05) is 0 Å². The van der Waals surface area contributed by atoms with Crippen molar-refractivity contribution in [3.63, 3.8) is 0 Å². The number of rotatable bonds is 3. The van der Waals surface area contributed by atoms with Crippen molar-refractivity contribution in [1.29, 1.82) is 5.26 Å². The molecule has 4 saturated carbocycles. The highest BCUT2D eigenvalue weighted by Crippen LogP contribution is 2.60. The topological polar surface area (TPSA) is 109 Å². The maximum Gasteiger partial charge on any atom is 0.407 e. The van der Waals surface area contributed by atoms with Gasteiger partial charge < -0.3 is 20.4 Å². The summed E-state index contributed by atoms with van der Waals surface area (Å²) in [5, 5.41) is 33.6. The first kappa shape index (κ1) is 17.7. The zero-order chi connectivity index (χ0) is 19.5. The molecule has 4 aliphatic carbocycles. The zero-order valence-corrected chi connectivity index (χ0v) is 15.8. The van der Waals surface area contributed by atoms with Crippen LogP contribution in [0.5, 0.6) is 0 Å². The Labute approximate surface area is 164 Å². The fourth-order valence-electron chi connectivity index (χ4n) is 7.04. The van der Waals surface area contributed by atoms with Crippen molar-refractivity contribution in [3.05, 3.63) is 23.9 Å². The van der Waals surface area contributed by atoms with Gasteiger partial charge in [0, 0.05) is 12.7 Å². The van der Waals surface area contributed by atoms with Crippen LogP contribution in [-0.4, -0.2) is 50.4 Å². The molecule has 1 aromatic rings. The summed E-state index contributed by atoms with van der Waals surface area (Å²) in [5.74, 6) is 2.15. The second-order valence-corrected chi connectivity index (χ2v) is 9.29. The number of amides is 1. The second kappa shape index (κ2) is 6.35. The predicted molar refractivity (Wildman–Crippen MR) is 101 cm³/mol. The van der Waals surface area contributed by atoms with Gasteiger partial charge in [-0.25, -0.2) is 9.78 Å². The number of carbonyl (C=O) groups is 1. The number of aromatic nitrogens is 1. The van der Waals surface area contributed by atoms with Gasteiger partial charge in [-0.1, -0.05) is 0 Å². The van der Waals surface area contributed by atoms with E-state index in [1.165, 1.54) is 0 Å². The number of carboxylic acid groups (broad SMARTS) is 1. The molecule has 7 heteroatoms.